The lowest BCUT2D eigenvalue weighted by Crippen LogP contribution is -2.42. The molecule has 3 heteroatoms. The first kappa shape index (κ1) is 13.5. The van der Waals surface area contributed by atoms with E-state index in [0.717, 1.165) is 32.1 Å². The number of hydrogen-bond acceptors (Lipinski definition) is 3. The summed E-state index contributed by atoms with van der Waals surface area (Å²) in [5, 5.41) is 9.09. The lowest BCUT2D eigenvalue weighted by molar-refractivity contribution is -0.0270. The van der Waals surface area contributed by atoms with Gasteiger partial charge < -0.3 is 10.5 Å². The Balaban J connectivity index is 2.36. The highest BCUT2D eigenvalue weighted by molar-refractivity contribution is 5.11. The van der Waals surface area contributed by atoms with E-state index in [1.807, 2.05) is 0 Å². The molecule has 0 spiro atoms. The van der Waals surface area contributed by atoms with E-state index in [4.69, 9.17) is 15.7 Å². The second-order valence-electron chi connectivity index (χ2n) is 5.49. The van der Waals surface area contributed by atoms with Gasteiger partial charge in [0.15, 0.2) is 0 Å². The third-order valence-corrected chi connectivity index (χ3v) is 3.89. The summed E-state index contributed by atoms with van der Waals surface area (Å²) in [6.45, 7) is 7.04. The highest BCUT2D eigenvalue weighted by Gasteiger charge is 2.39. The van der Waals surface area contributed by atoms with Crippen molar-refractivity contribution in [3.05, 3.63) is 0 Å². The summed E-state index contributed by atoms with van der Waals surface area (Å²) in [5.41, 5.74) is 5.42. The second kappa shape index (κ2) is 5.16. The Bertz CT molecular complexity index is 270. The molecular weight excluding hydrogens is 200 g/mol. The van der Waals surface area contributed by atoms with Gasteiger partial charge in [-0.05, 0) is 45.4 Å². The molecule has 92 valence electrons. The molecule has 0 saturated heterocycles. The smallest absolute Gasteiger partial charge is 0.107 e. The lowest BCUT2D eigenvalue weighted by Gasteiger charge is -2.27. The lowest BCUT2D eigenvalue weighted by atomic mass is 9.87. The van der Waals surface area contributed by atoms with Gasteiger partial charge in [0.05, 0.1) is 11.7 Å². The minimum Gasteiger partial charge on any atom is -0.376 e. The standard InChI is InChI=1S/C13H24N2O/c1-4-12(2,3)16-9-7-11-6-5-8-13(11,15)10-14/h11H,4-9,15H2,1-3H3. The number of nitrogens with zero attached hydrogens (tertiary/aromatic N) is 1. The van der Waals surface area contributed by atoms with Crippen LogP contribution in [0.1, 0.15) is 52.9 Å². The molecule has 0 bridgehead atoms. The fraction of sp³-hybridized carbons (Fsp3) is 0.923. The summed E-state index contributed by atoms with van der Waals surface area (Å²) in [7, 11) is 0. The van der Waals surface area contributed by atoms with Crippen LogP contribution in [0.3, 0.4) is 0 Å². The largest absolute Gasteiger partial charge is 0.376 e. The minimum absolute atomic E-state index is 0.0531. The van der Waals surface area contributed by atoms with Gasteiger partial charge in [-0.15, -0.1) is 0 Å². The molecule has 1 aliphatic carbocycles. The van der Waals surface area contributed by atoms with Gasteiger partial charge in [0.25, 0.3) is 0 Å². The van der Waals surface area contributed by atoms with Crippen molar-refractivity contribution in [1.29, 1.82) is 5.26 Å². The van der Waals surface area contributed by atoms with Gasteiger partial charge in [-0.1, -0.05) is 13.3 Å². The number of rotatable bonds is 5. The average molecular weight is 224 g/mol. The Morgan fingerprint density at radius 2 is 2.25 bits per heavy atom. The first-order valence-corrected chi connectivity index (χ1v) is 6.27. The zero-order chi connectivity index (χ0) is 12.2. The van der Waals surface area contributed by atoms with Gasteiger partial charge in [-0.25, -0.2) is 0 Å². The second-order valence-corrected chi connectivity index (χ2v) is 5.49. The van der Waals surface area contributed by atoms with Crippen molar-refractivity contribution in [2.45, 2.75) is 64.0 Å². The molecule has 2 unspecified atom stereocenters. The summed E-state index contributed by atoms with van der Waals surface area (Å²) in [6, 6.07) is 2.27. The van der Waals surface area contributed by atoms with E-state index in [9.17, 15) is 0 Å². The maximum absolute atomic E-state index is 9.09. The molecule has 0 radical (unpaired) electrons. The third-order valence-electron chi connectivity index (χ3n) is 3.89. The quantitative estimate of drug-likeness (QED) is 0.781. The molecule has 2 N–H and O–H groups in total. The minimum atomic E-state index is -0.598. The maximum atomic E-state index is 9.09. The summed E-state index contributed by atoms with van der Waals surface area (Å²) in [5.74, 6) is 0.310. The Kier molecular flexibility index (Phi) is 4.35. The molecule has 0 heterocycles. The van der Waals surface area contributed by atoms with Gasteiger partial charge in [0.2, 0.25) is 0 Å². The average Bonchev–Trinajstić information content (AvgIpc) is 2.61. The van der Waals surface area contributed by atoms with Crippen LogP contribution in [0.25, 0.3) is 0 Å². The van der Waals surface area contributed by atoms with Crippen molar-refractivity contribution < 1.29 is 4.74 Å². The number of hydrogen-bond donors (Lipinski definition) is 1. The van der Waals surface area contributed by atoms with Crippen molar-refractivity contribution >= 4 is 0 Å². The van der Waals surface area contributed by atoms with Crippen LogP contribution in [0.4, 0.5) is 0 Å². The van der Waals surface area contributed by atoms with E-state index < -0.39 is 5.54 Å². The van der Waals surface area contributed by atoms with E-state index in [0.29, 0.717) is 12.5 Å². The van der Waals surface area contributed by atoms with Crippen LogP contribution in [-0.2, 0) is 4.74 Å². The van der Waals surface area contributed by atoms with Gasteiger partial charge in [-0.2, -0.15) is 5.26 Å². The maximum Gasteiger partial charge on any atom is 0.107 e. The predicted molar refractivity (Wildman–Crippen MR) is 64.8 cm³/mol. The summed E-state index contributed by atoms with van der Waals surface area (Å²) in [4.78, 5) is 0. The Morgan fingerprint density at radius 1 is 1.56 bits per heavy atom. The number of nitriles is 1. The van der Waals surface area contributed by atoms with Gasteiger partial charge >= 0.3 is 0 Å². The van der Waals surface area contributed by atoms with Crippen LogP contribution >= 0.6 is 0 Å². The molecular formula is C13H24N2O. The molecule has 0 aliphatic heterocycles. The van der Waals surface area contributed by atoms with Crippen LogP contribution in [0.15, 0.2) is 0 Å². The molecule has 1 aliphatic rings. The normalized spacial score (nSPS) is 30.3. The highest BCUT2D eigenvalue weighted by Crippen LogP contribution is 2.35. The monoisotopic (exact) mass is 224 g/mol. The summed E-state index contributed by atoms with van der Waals surface area (Å²) in [6.07, 6.45) is 4.90. The first-order chi connectivity index (χ1) is 7.43. The highest BCUT2D eigenvalue weighted by atomic mass is 16.5. The van der Waals surface area contributed by atoms with Crippen molar-refractivity contribution in [3.63, 3.8) is 0 Å². The molecule has 1 fully saturated rings. The fourth-order valence-electron chi connectivity index (χ4n) is 2.23. The number of nitrogens with two attached hydrogens (primary N) is 1. The first-order valence-electron chi connectivity index (χ1n) is 6.27. The Hall–Kier alpha value is -0.590. The van der Waals surface area contributed by atoms with Crippen LogP contribution in [0, 0.1) is 17.2 Å². The van der Waals surface area contributed by atoms with E-state index in [-0.39, 0.29) is 5.60 Å². The number of ether oxygens (including phenoxy) is 1. The molecule has 3 nitrogen and oxygen atoms in total. The molecule has 1 saturated carbocycles. The SMILES string of the molecule is CCC(C)(C)OCCC1CCCC1(N)C#N. The van der Waals surface area contributed by atoms with Crippen molar-refractivity contribution in [2.75, 3.05) is 6.61 Å². The van der Waals surface area contributed by atoms with Crippen LogP contribution < -0.4 is 5.73 Å². The zero-order valence-electron chi connectivity index (χ0n) is 10.8. The molecule has 0 aromatic rings. The van der Waals surface area contributed by atoms with Crippen molar-refractivity contribution in [2.24, 2.45) is 11.7 Å². The van der Waals surface area contributed by atoms with Gasteiger partial charge in [0, 0.05) is 6.61 Å². The Labute approximate surface area is 99.0 Å². The van der Waals surface area contributed by atoms with E-state index >= 15 is 0 Å². The topological polar surface area (TPSA) is 59.0 Å². The third kappa shape index (κ3) is 3.20. The molecule has 0 amide bonds. The summed E-state index contributed by atoms with van der Waals surface area (Å²) >= 11 is 0. The van der Waals surface area contributed by atoms with E-state index in [1.54, 1.807) is 0 Å². The van der Waals surface area contributed by atoms with E-state index in [1.165, 1.54) is 0 Å². The van der Waals surface area contributed by atoms with Crippen LogP contribution in [0.2, 0.25) is 0 Å². The van der Waals surface area contributed by atoms with Crippen molar-refractivity contribution in [3.8, 4) is 6.07 Å². The van der Waals surface area contributed by atoms with Gasteiger partial charge in [-0.3, -0.25) is 0 Å². The zero-order valence-corrected chi connectivity index (χ0v) is 10.8. The molecule has 0 aromatic carbocycles. The molecule has 0 aromatic heterocycles. The Morgan fingerprint density at radius 3 is 2.81 bits per heavy atom. The fourth-order valence-corrected chi connectivity index (χ4v) is 2.23. The molecule has 1 rings (SSSR count). The summed E-state index contributed by atoms with van der Waals surface area (Å²) < 4.78 is 5.81. The van der Waals surface area contributed by atoms with Gasteiger partial charge in [0.1, 0.15) is 5.54 Å². The predicted octanol–water partition coefficient (Wildman–Crippen LogP) is 2.60. The van der Waals surface area contributed by atoms with Crippen molar-refractivity contribution in [1.82, 2.24) is 0 Å². The molecule has 16 heavy (non-hydrogen) atoms. The van der Waals surface area contributed by atoms with Crippen LogP contribution in [0.5, 0.6) is 0 Å². The van der Waals surface area contributed by atoms with E-state index in [2.05, 4.69) is 26.8 Å². The van der Waals surface area contributed by atoms with Crippen LogP contribution in [-0.4, -0.2) is 17.7 Å². The molecule has 2 atom stereocenters.